The number of ketones is 3. The second kappa shape index (κ2) is 16.2. The van der Waals surface area contributed by atoms with Gasteiger partial charge < -0.3 is 20.3 Å². The summed E-state index contributed by atoms with van der Waals surface area (Å²) in [5.74, 6) is -3.98. The van der Waals surface area contributed by atoms with E-state index >= 15 is 0 Å². The van der Waals surface area contributed by atoms with Crippen molar-refractivity contribution in [3.8, 4) is 0 Å². The number of carbonyl (C=O) groups is 6. The third-order valence-electron chi connectivity index (χ3n) is 10.0. The highest BCUT2D eigenvalue weighted by atomic mass is 19.1. The Balaban J connectivity index is 1.77. The Bertz CT molecular complexity index is 1410. The molecule has 11 heteroatoms. The van der Waals surface area contributed by atoms with Crippen LogP contribution in [0.4, 0.5) is 9.18 Å². The predicted molar refractivity (Wildman–Crippen MR) is 183 cm³/mol. The van der Waals surface area contributed by atoms with Crippen LogP contribution in [0, 0.1) is 40.3 Å². The van der Waals surface area contributed by atoms with Gasteiger partial charge in [0.15, 0.2) is 11.6 Å². The number of urea groups is 1. The topological polar surface area (TPSA) is 139 Å². The summed E-state index contributed by atoms with van der Waals surface area (Å²) in [7, 11) is 0. The maximum atomic E-state index is 14.3. The fourth-order valence-corrected chi connectivity index (χ4v) is 6.96. The molecule has 3 amide bonds. The number of hydrogen-bond acceptors (Lipinski definition) is 7. The minimum atomic E-state index is -1.06. The van der Waals surface area contributed by atoms with Crippen molar-refractivity contribution in [3.05, 3.63) is 48.3 Å². The highest BCUT2D eigenvalue weighted by Gasteiger charge is 2.69. The lowest BCUT2D eigenvalue weighted by molar-refractivity contribution is -0.148. The van der Waals surface area contributed by atoms with E-state index in [1.807, 2.05) is 6.92 Å². The van der Waals surface area contributed by atoms with Gasteiger partial charge in [0.2, 0.25) is 11.7 Å². The quantitative estimate of drug-likeness (QED) is 0.124. The van der Waals surface area contributed by atoms with Crippen molar-refractivity contribution in [2.75, 3.05) is 6.54 Å². The zero-order chi connectivity index (χ0) is 36.8. The third-order valence-corrected chi connectivity index (χ3v) is 10.0. The third kappa shape index (κ3) is 9.63. The van der Waals surface area contributed by atoms with Crippen LogP contribution in [0.2, 0.25) is 0 Å². The molecular weight excluding hydrogens is 629 g/mol. The lowest BCUT2D eigenvalue weighted by Gasteiger charge is -2.38. The first-order valence-electron chi connectivity index (χ1n) is 17.3. The van der Waals surface area contributed by atoms with Crippen molar-refractivity contribution in [3.63, 3.8) is 0 Å². The van der Waals surface area contributed by atoms with Gasteiger partial charge in [-0.1, -0.05) is 80.0 Å². The van der Waals surface area contributed by atoms with Crippen molar-refractivity contribution in [2.45, 2.75) is 112 Å². The largest absolute Gasteiger partial charge is 0.459 e. The van der Waals surface area contributed by atoms with Gasteiger partial charge in [-0.3, -0.25) is 19.2 Å². The maximum Gasteiger partial charge on any atom is 0.329 e. The zero-order valence-corrected chi connectivity index (χ0v) is 30.3. The Labute approximate surface area is 290 Å². The molecule has 1 aromatic rings. The van der Waals surface area contributed by atoms with Gasteiger partial charge >= 0.3 is 12.0 Å². The van der Waals surface area contributed by atoms with Crippen molar-refractivity contribution in [1.82, 2.24) is 15.5 Å². The van der Waals surface area contributed by atoms with Gasteiger partial charge in [0.1, 0.15) is 24.5 Å². The zero-order valence-electron chi connectivity index (χ0n) is 30.3. The molecular formula is C38H54FN3O7. The fourth-order valence-electron chi connectivity index (χ4n) is 6.96. The van der Waals surface area contributed by atoms with Gasteiger partial charge in [-0.15, -0.1) is 6.58 Å². The number of fused-ring (bicyclic) bond motifs is 1. The Morgan fingerprint density at radius 2 is 1.71 bits per heavy atom. The molecule has 270 valence electrons. The smallest absolute Gasteiger partial charge is 0.329 e. The molecule has 0 spiro atoms. The summed E-state index contributed by atoms with van der Waals surface area (Å²) in [6.45, 7) is 18.7. The Morgan fingerprint density at radius 1 is 1.08 bits per heavy atom. The Hall–Kier alpha value is -3.89. The van der Waals surface area contributed by atoms with E-state index in [2.05, 4.69) is 31.1 Å². The van der Waals surface area contributed by atoms with Crippen LogP contribution in [0.25, 0.3) is 0 Å². The molecule has 1 aromatic carbocycles. The highest BCUT2D eigenvalue weighted by Crippen LogP contribution is 2.65. The molecule has 0 aromatic heterocycles. The molecule has 1 unspecified atom stereocenters. The van der Waals surface area contributed by atoms with Crippen molar-refractivity contribution in [1.29, 1.82) is 0 Å². The van der Waals surface area contributed by atoms with Crippen LogP contribution in [0.1, 0.15) is 93.1 Å². The van der Waals surface area contributed by atoms with E-state index in [1.54, 1.807) is 45.6 Å². The van der Waals surface area contributed by atoms with Gasteiger partial charge in [-0.05, 0) is 59.1 Å². The molecule has 1 saturated heterocycles. The number of nitrogens with one attached hydrogen (secondary N) is 2. The van der Waals surface area contributed by atoms with Gasteiger partial charge in [-0.25, -0.2) is 14.0 Å². The van der Waals surface area contributed by atoms with Gasteiger partial charge in [-0.2, -0.15) is 0 Å². The minimum Gasteiger partial charge on any atom is -0.459 e. The summed E-state index contributed by atoms with van der Waals surface area (Å²) in [4.78, 5) is 81.9. The number of rotatable bonds is 17. The second-order valence-corrected chi connectivity index (χ2v) is 15.5. The summed E-state index contributed by atoms with van der Waals surface area (Å²) in [5, 5.41) is 5.42. The predicted octanol–water partition coefficient (Wildman–Crippen LogP) is 5.57. The first-order chi connectivity index (χ1) is 22.8. The van der Waals surface area contributed by atoms with Crippen LogP contribution in [0.3, 0.4) is 0 Å². The minimum absolute atomic E-state index is 0.0488. The van der Waals surface area contributed by atoms with E-state index in [9.17, 15) is 33.2 Å². The van der Waals surface area contributed by atoms with E-state index in [0.717, 1.165) is 0 Å². The number of benzene rings is 1. The summed E-state index contributed by atoms with van der Waals surface area (Å²) in [6, 6.07) is 1.90. The number of nitrogens with zero attached hydrogens (tertiary/aromatic N) is 1. The molecule has 49 heavy (non-hydrogen) atoms. The second-order valence-electron chi connectivity index (χ2n) is 15.5. The normalized spacial score (nSPS) is 21.2. The molecule has 1 saturated carbocycles. The van der Waals surface area contributed by atoms with Crippen molar-refractivity contribution < 1.29 is 37.9 Å². The molecule has 0 radical (unpaired) electrons. The Kier molecular flexibility index (Phi) is 13.1. The van der Waals surface area contributed by atoms with Gasteiger partial charge in [0.05, 0.1) is 6.04 Å². The van der Waals surface area contributed by atoms with Crippen molar-refractivity contribution >= 4 is 35.3 Å². The average Bonchev–Trinajstić information content (AvgIpc) is 3.33. The number of likely N-dealkylation sites (tertiary alicyclic amines) is 1. The van der Waals surface area contributed by atoms with E-state index in [0.29, 0.717) is 31.4 Å². The van der Waals surface area contributed by atoms with Crippen LogP contribution >= 0.6 is 0 Å². The average molecular weight is 684 g/mol. The highest BCUT2D eigenvalue weighted by molar-refractivity contribution is 6.38. The monoisotopic (exact) mass is 683 g/mol. The molecule has 2 fully saturated rings. The molecule has 1 aliphatic heterocycles. The van der Waals surface area contributed by atoms with Gasteiger partial charge in [0.25, 0.3) is 0 Å². The SMILES string of the molecule is C=CCCC(=O)C(=O)C(CCC)CC(=O)[C@@H]1[C@@H]2[C@H](CN1C(=O)[C@@H](NC(=O)N[C@H](C(=O)OCc1ccc(F)cc1)C(C)C)C(C)(C)C)C2(C)C. The maximum absolute atomic E-state index is 14.3. The first kappa shape index (κ1) is 39.5. The first-order valence-corrected chi connectivity index (χ1v) is 17.3. The molecule has 2 aliphatic rings. The molecule has 0 bridgehead atoms. The summed E-state index contributed by atoms with van der Waals surface area (Å²) in [5.41, 5.74) is -0.373. The summed E-state index contributed by atoms with van der Waals surface area (Å²) < 4.78 is 18.7. The number of halogens is 1. The number of piperidine rings is 1. The van der Waals surface area contributed by atoms with Crippen LogP contribution < -0.4 is 10.6 Å². The standard InChI is InChI=1S/C38H54FN3O7/c1-10-12-14-27(43)32(45)24(13-11-2)19-28(44)31-29-26(38(29,8)9)20-42(31)34(46)33(37(5,6)7)41-36(48)40-30(22(3)4)35(47)49-21-23-15-17-25(39)18-16-23/h10,15-18,22,24,26,29-31,33H,1,11-14,19-21H2,2-9H3,(H2,40,41,48)/t24?,26-,29-,30-,31+,33+/m0/s1. The molecule has 3 rings (SSSR count). The number of carbonyl (C=O) groups excluding carboxylic acids is 6. The van der Waals surface area contributed by atoms with E-state index < -0.39 is 64.7 Å². The molecule has 10 nitrogen and oxygen atoms in total. The van der Waals surface area contributed by atoms with Crippen molar-refractivity contribution in [2.24, 2.45) is 34.5 Å². The van der Waals surface area contributed by atoms with E-state index in [1.165, 1.54) is 24.3 Å². The van der Waals surface area contributed by atoms with Crippen LogP contribution in [0.15, 0.2) is 36.9 Å². The van der Waals surface area contributed by atoms with E-state index in [4.69, 9.17) is 4.74 Å². The van der Waals surface area contributed by atoms with E-state index in [-0.39, 0.29) is 48.4 Å². The number of hydrogen-bond donors (Lipinski definition) is 2. The van der Waals surface area contributed by atoms with Crippen LogP contribution in [0.5, 0.6) is 0 Å². The lowest BCUT2D eigenvalue weighted by atomic mass is 9.84. The molecule has 6 atom stereocenters. The molecule has 2 N–H and O–H groups in total. The number of amides is 3. The Morgan fingerprint density at radius 3 is 2.27 bits per heavy atom. The fraction of sp³-hybridized carbons (Fsp3) is 0.632. The number of Topliss-reactive ketones (excluding diaryl/α,β-unsaturated/α-hetero) is 3. The number of ether oxygens (including phenoxy) is 1. The number of esters is 1. The van der Waals surface area contributed by atoms with Gasteiger partial charge in [0, 0.05) is 25.3 Å². The number of allylic oxidation sites excluding steroid dienone is 1. The lowest BCUT2D eigenvalue weighted by Crippen LogP contribution is -2.61. The summed E-state index contributed by atoms with van der Waals surface area (Å²) >= 11 is 0. The summed E-state index contributed by atoms with van der Waals surface area (Å²) in [6.07, 6.45) is 2.87. The van der Waals surface area contributed by atoms with Crippen LogP contribution in [-0.4, -0.2) is 64.8 Å². The van der Waals surface area contributed by atoms with Crippen LogP contribution in [-0.2, 0) is 35.3 Å². The molecule has 1 aliphatic carbocycles. The molecule has 1 heterocycles.